The van der Waals surface area contributed by atoms with Gasteiger partial charge >= 0.3 is 0 Å². The highest BCUT2D eigenvalue weighted by Gasteiger charge is 2.32. The summed E-state index contributed by atoms with van der Waals surface area (Å²) in [5, 5.41) is 0. The number of carbonyl (C=O) groups is 2. The number of nitrogens with two attached hydrogens (primary N) is 1. The molecule has 2 amide bonds. The van der Waals surface area contributed by atoms with Crippen molar-refractivity contribution in [2.75, 3.05) is 6.54 Å². The van der Waals surface area contributed by atoms with Crippen molar-refractivity contribution in [3.8, 4) is 0 Å². The van der Waals surface area contributed by atoms with Crippen LogP contribution >= 0.6 is 0 Å². The summed E-state index contributed by atoms with van der Waals surface area (Å²) in [4.78, 5) is 24.4. The Morgan fingerprint density at radius 1 is 1.21 bits per heavy atom. The minimum Gasteiger partial charge on any atom is -0.328 e. The fourth-order valence-corrected chi connectivity index (χ4v) is 1.35. The van der Waals surface area contributed by atoms with Crippen LogP contribution in [0.1, 0.15) is 27.2 Å². The fourth-order valence-electron chi connectivity index (χ4n) is 1.35. The molecular formula is C10H16N2O2. The van der Waals surface area contributed by atoms with Crippen LogP contribution in [0.25, 0.3) is 0 Å². The van der Waals surface area contributed by atoms with Gasteiger partial charge in [-0.2, -0.15) is 0 Å². The number of amides is 2. The first-order valence-electron chi connectivity index (χ1n) is 4.74. The van der Waals surface area contributed by atoms with E-state index in [4.69, 9.17) is 5.73 Å². The molecular weight excluding hydrogens is 180 g/mol. The summed E-state index contributed by atoms with van der Waals surface area (Å²) < 4.78 is 0. The van der Waals surface area contributed by atoms with Gasteiger partial charge in [-0.1, -0.05) is 0 Å². The maximum atomic E-state index is 11.5. The van der Waals surface area contributed by atoms with E-state index in [1.807, 2.05) is 6.92 Å². The Bertz CT molecular complexity index is 281. The molecule has 1 rings (SSSR count). The van der Waals surface area contributed by atoms with Crippen molar-refractivity contribution in [2.45, 2.75) is 33.2 Å². The highest BCUT2D eigenvalue weighted by Crippen LogP contribution is 2.19. The lowest BCUT2D eigenvalue weighted by Gasteiger charge is -2.15. The van der Waals surface area contributed by atoms with Crippen LogP contribution in [0.2, 0.25) is 0 Å². The van der Waals surface area contributed by atoms with Crippen molar-refractivity contribution in [1.29, 1.82) is 0 Å². The van der Waals surface area contributed by atoms with E-state index in [0.29, 0.717) is 24.1 Å². The molecule has 0 radical (unpaired) electrons. The molecule has 1 aliphatic rings. The van der Waals surface area contributed by atoms with E-state index in [0.717, 1.165) is 0 Å². The molecule has 0 aromatic carbocycles. The molecule has 1 heterocycles. The van der Waals surface area contributed by atoms with Gasteiger partial charge in [0, 0.05) is 23.7 Å². The average molecular weight is 196 g/mol. The maximum Gasteiger partial charge on any atom is 0.256 e. The summed E-state index contributed by atoms with van der Waals surface area (Å²) in [6, 6.07) is 0.0109. The summed E-state index contributed by atoms with van der Waals surface area (Å²) >= 11 is 0. The van der Waals surface area contributed by atoms with E-state index in [1.54, 1.807) is 13.8 Å². The Morgan fingerprint density at radius 3 is 2.00 bits per heavy atom. The molecule has 0 fully saturated rings. The number of rotatable bonds is 3. The van der Waals surface area contributed by atoms with Crippen LogP contribution in [0.3, 0.4) is 0 Å². The zero-order valence-corrected chi connectivity index (χ0v) is 8.83. The lowest BCUT2D eigenvalue weighted by Crippen LogP contribution is -2.35. The van der Waals surface area contributed by atoms with Crippen molar-refractivity contribution in [3.63, 3.8) is 0 Å². The Kier molecular flexibility index (Phi) is 3.06. The van der Waals surface area contributed by atoms with Crippen molar-refractivity contribution in [2.24, 2.45) is 5.73 Å². The molecule has 2 N–H and O–H groups in total. The quantitative estimate of drug-likeness (QED) is 0.666. The van der Waals surface area contributed by atoms with Crippen molar-refractivity contribution >= 4 is 11.8 Å². The Hall–Kier alpha value is -1.16. The first-order valence-corrected chi connectivity index (χ1v) is 4.74. The SMILES string of the molecule is CC1=C(C)C(=O)N(CCC(C)N)C1=O. The van der Waals surface area contributed by atoms with Gasteiger partial charge in [-0.3, -0.25) is 14.5 Å². The van der Waals surface area contributed by atoms with Gasteiger partial charge in [-0.05, 0) is 27.2 Å². The number of hydrogen-bond acceptors (Lipinski definition) is 3. The van der Waals surface area contributed by atoms with Crippen LogP contribution in [0.5, 0.6) is 0 Å². The van der Waals surface area contributed by atoms with Gasteiger partial charge in [-0.15, -0.1) is 0 Å². The third-order valence-electron chi connectivity index (χ3n) is 2.50. The standard InChI is InChI=1S/C10H16N2O2/c1-6(11)4-5-12-9(13)7(2)8(3)10(12)14/h6H,4-5,11H2,1-3H3. The molecule has 0 aromatic rings. The second kappa shape index (κ2) is 3.92. The van der Waals surface area contributed by atoms with Crippen molar-refractivity contribution in [3.05, 3.63) is 11.1 Å². The van der Waals surface area contributed by atoms with E-state index >= 15 is 0 Å². The van der Waals surface area contributed by atoms with Gasteiger partial charge in [0.15, 0.2) is 0 Å². The van der Waals surface area contributed by atoms with Crippen LogP contribution < -0.4 is 5.73 Å². The molecule has 4 heteroatoms. The third-order valence-corrected chi connectivity index (χ3v) is 2.50. The summed E-state index contributed by atoms with van der Waals surface area (Å²) in [5.74, 6) is -0.346. The zero-order chi connectivity index (χ0) is 10.9. The fraction of sp³-hybridized carbons (Fsp3) is 0.600. The molecule has 0 bridgehead atoms. The second-order valence-electron chi connectivity index (χ2n) is 3.78. The minimum absolute atomic E-state index is 0.0109. The zero-order valence-electron chi connectivity index (χ0n) is 8.83. The van der Waals surface area contributed by atoms with Crippen LogP contribution in [-0.2, 0) is 9.59 Å². The van der Waals surface area contributed by atoms with E-state index in [2.05, 4.69) is 0 Å². The Morgan fingerprint density at radius 2 is 1.64 bits per heavy atom. The molecule has 14 heavy (non-hydrogen) atoms. The predicted octanol–water partition coefficient (Wildman–Crippen LogP) is 0.429. The number of carbonyl (C=O) groups excluding carboxylic acids is 2. The monoisotopic (exact) mass is 196 g/mol. The van der Waals surface area contributed by atoms with Gasteiger partial charge in [0.2, 0.25) is 0 Å². The number of imide groups is 1. The molecule has 0 aromatic heterocycles. The number of nitrogens with zero attached hydrogens (tertiary/aromatic N) is 1. The molecule has 4 nitrogen and oxygen atoms in total. The van der Waals surface area contributed by atoms with Gasteiger partial charge in [0.05, 0.1) is 0 Å². The molecule has 78 valence electrons. The summed E-state index contributed by atoms with van der Waals surface area (Å²) in [6.45, 7) is 5.64. The van der Waals surface area contributed by atoms with Crippen LogP contribution in [0.4, 0.5) is 0 Å². The van der Waals surface area contributed by atoms with Crippen molar-refractivity contribution in [1.82, 2.24) is 4.90 Å². The third kappa shape index (κ3) is 1.85. The summed E-state index contributed by atoms with van der Waals surface area (Å²) in [7, 11) is 0. The highest BCUT2D eigenvalue weighted by molar-refractivity contribution is 6.18. The van der Waals surface area contributed by atoms with Crippen LogP contribution in [0.15, 0.2) is 11.1 Å². The normalized spacial score (nSPS) is 19.6. The molecule has 0 spiro atoms. The topological polar surface area (TPSA) is 63.4 Å². The Labute approximate surface area is 83.8 Å². The van der Waals surface area contributed by atoms with Crippen LogP contribution in [0, 0.1) is 0 Å². The molecule has 0 saturated carbocycles. The van der Waals surface area contributed by atoms with E-state index in [1.165, 1.54) is 4.90 Å². The second-order valence-corrected chi connectivity index (χ2v) is 3.78. The first-order chi connectivity index (χ1) is 6.45. The molecule has 1 atom stereocenters. The maximum absolute atomic E-state index is 11.5. The summed E-state index contributed by atoms with van der Waals surface area (Å²) in [6.07, 6.45) is 0.651. The molecule has 1 aliphatic heterocycles. The van der Waals surface area contributed by atoms with E-state index < -0.39 is 0 Å². The molecule has 1 unspecified atom stereocenters. The van der Waals surface area contributed by atoms with E-state index in [-0.39, 0.29) is 17.9 Å². The smallest absolute Gasteiger partial charge is 0.256 e. The van der Waals surface area contributed by atoms with E-state index in [9.17, 15) is 9.59 Å². The summed E-state index contributed by atoms with van der Waals surface area (Å²) in [5.41, 5.74) is 6.68. The average Bonchev–Trinajstić information content (AvgIpc) is 2.29. The molecule has 0 aliphatic carbocycles. The lowest BCUT2D eigenvalue weighted by atomic mass is 10.2. The molecule has 0 saturated heterocycles. The van der Waals surface area contributed by atoms with Gasteiger partial charge in [0.1, 0.15) is 0 Å². The van der Waals surface area contributed by atoms with Crippen LogP contribution in [-0.4, -0.2) is 29.3 Å². The van der Waals surface area contributed by atoms with Gasteiger partial charge < -0.3 is 5.73 Å². The first kappa shape index (κ1) is 10.9. The Balaban J connectivity index is 2.68. The van der Waals surface area contributed by atoms with Crippen molar-refractivity contribution < 1.29 is 9.59 Å². The lowest BCUT2D eigenvalue weighted by molar-refractivity contribution is -0.137. The largest absolute Gasteiger partial charge is 0.328 e. The highest BCUT2D eigenvalue weighted by atomic mass is 16.2. The predicted molar refractivity (Wildman–Crippen MR) is 53.4 cm³/mol. The van der Waals surface area contributed by atoms with Gasteiger partial charge in [-0.25, -0.2) is 0 Å². The number of hydrogen-bond donors (Lipinski definition) is 1. The van der Waals surface area contributed by atoms with Gasteiger partial charge in [0.25, 0.3) is 11.8 Å². The minimum atomic E-state index is -0.173.